The molecule has 2 heterocycles. The van der Waals surface area contributed by atoms with E-state index in [2.05, 4.69) is 15.0 Å². The van der Waals surface area contributed by atoms with Crippen LogP contribution in [0.4, 0.5) is 19.0 Å². The highest BCUT2D eigenvalue weighted by Crippen LogP contribution is 2.34. The van der Waals surface area contributed by atoms with Crippen molar-refractivity contribution in [1.29, 1.82) is 0 Å². The second-order valence-corrected chi connectivity index (χ2v) is 5.40. The third-order valence-corrected chi connectivity index (χ3v) is 3.67. The minimum atomic E-state index is -4.75. The lowest BCUT2D eigenvalue weighted by Gasteiger charge is -2.12. The van der Waals surface area contributed by atoms with E-state index in [0.29, 0.717) is 17.1 Å². The summed E-state index contributed by atoms with van der Waals surface area (Å²) in [5, 5.41) is 10.8. The molecular formula is C16H12F3N5O4. The van der Waals surface area contributed by atoms with E-state index in [9.17, 15) is 23.3 Å². The first-order chi connectivity index (χ1) is 13.2. The van der Waals surface area contributed by atoms with Gasteiger partial charge in [-0.05, 0) is 34.2 Å². The number of halogens is 3. The third kappa shape index (κ3) is 3.70. The summed E-state index contributed by atoms with van der Waals surface area (Å²) < 4.78 is 51.1. The highest BCUT2D eigenvalue weighted by molar-refractivity contribution is 5.65. The number of nitro groups is 1. The van der Waals surface area contributed by atoms with Crippen molar-refractivity contribution in [2.24, 2.45) is 0 Å². The number of rotatable bonds is 5. The van der Waals surface area contributed by atoms with Crippen LogP contribution in [0.15, 0.2) is 36.8 Å². The number of methoxy groups -OCH3 is 2. The van der Waals surface area contributed by atoms with Crippen LogP contribution in [-0.4, -0.2) is 38.7 Å². The molecule has 0 aliphatic heterocycles. The van der Waals surface area contributed by atoms with Gasteiger partial charge in [-0.2, -0.15) is 13.2 Å². The molecule has 1 aromatic carbocycles. The number of hydrogen-bond acceptors (Lipinski definition) is 7. The predicted molar refractivity (Wildman–Crippen MR) is 89.4 cm³/mol. The van der Waals surface area contributed by atoms with Crippen LogP contribution in [0.3, 0.4) is 0 Å². The highest BCUT2D eigenvalue weighted by atomic mass is 19.4. The van der Waals surface area contributed by atoms with Gasteiger partial charge in [0.15, 0.2) is 17.2 Å². The Morgan fingerprint density at radius 2 is 1.82 bits per heavy atom. The molecule has 12 heteroatoms. The van der Waals surface area contributed by atoms with Gasteiger partial charge in [-0.1, -0.05) is 0 Å². The summed E-state index contributed by atoms with van der Waals surface area (Å²) in [6, 6.07) is 5.26. The van der Waals surface area contributed by atoms with Crippen molar-refractivity contribution >= 4 is 5.82 Å². The zero-order chi connectivity index (χ0) is 20.5. The van der Waals surface area contributed by atoms with Crippen LogP contribution >= 0.6 is 0 Å². The molecule has 0 bridgehead atoms. The Morgan fingerprint density at radius 3 is 2.39 bits per heavy atom. The lowest BCUT2D eigenvalue weighted by atomic mass is 10.1. The van der Waals surface area contributed by atoms with Gasteiger partial charge in [-0.25, -0.2) is 14.5 Å². The van der Waals surface area contributed by atoms with E-state index < -0.39 is 28.6 Å². The minimum absolute atomic E-state index is 0.0605. The summed E-state index contributed by atoms with van der Waals surface area (Å²) in [5.74, 6) is -0.275. The smallest absolute Gasteiger partial charge is 0.433 e. The van der Waals surface area contributed by atoms with Crippen molar-refractivity contribution in [2.75, 3.05) is 14.2 Å². The summed E-state index contributed by atoms with van der Waals surface area (Å²) in [5.41, 5.74) is -0.963. The maximum Gasteiger partial charge on any atom is 0.433 e. The van der Waals surface area contributed by atoms with Gasteiger partial charge in [-0.15, -0.1) is 0 Å². The lowest BCUT2D eigenvalue weighted by Crippen LogP contribution is -2.12. The predicted octanol–water partition coefficient (Wildman–Crippen LogP) is 3.27. The average Bonchev–Trinajstić information content (AvgIpc) is 3.17. The fourth-order valence-electron chi connectivity index (χ4n) is 2.35. The third-order valence-electron chi connectivity index (χ3n) is 3.67. The topological polar surface area (TPSA) is 105 Å². The van der Waals surface area contributed by atoms with Crippen molar-refractivity contribution in [1.82, 2.24) is 19.5 Å². The highest BCUT2D eigenvalue weighted by Gasteiger charge is 2.34. The standard InChI is InChI=1S/C16H12F3N5O4/c1-27-11-4-3-9(5-12(11)28-2)10-6-13(16(17,18)19)22-15(21-10)23-7-14(20-8-23)24(25)26/h3-8H,1-2H3. The molecule has 146 valence electrons. The first-order valence-electron chi connectivity index (χ1n) is 7.60. The van der Waals surface area contributed by atoms with Crippen molar-refractivity contribution < 1.29 is 27.6 Å². The minimum Gasteiger partial charge on any atom is -0.493 e. The molecule has 0 unspecified atom stereocenters. The van der Waals surface area contributed by atoms with Gasteiger partial charge in [-0.3, -0.25) is 0 Å². The number of alkyl halides is 3. The van der Waals surface area contributed by atoms with E-state index in [1.165, 1.54) is 32.4 Å². The van der Waals surface area contributed by atoms with Crippen LogP contribution in [0.2, 0.25) is 0 Å². The number of nitrogens with zero attached hydrogens (tertiary/aromatic N) is 5. The van der Waals surface area contributed by atoms with Gasteiger partial charge in [0.25, 0.3) is 0 Å². The summed E-state index contributed by atoms with van der Waals surface area (Å²) in [6.45, 7) is 0. The zero-order valence-electron chi connectivity index (χ0n) is 14.5. The number of ether oxygens (including phenoxy) is 2. The second kappa shape index (κ2) is 7.13. The van der Waals surface area contributed by atoms with Gasteiger partial charge in [0.2, 0.25) is 12.3 Å². The van der Waals surface area contributed by atoms with E-state index in [4.69, 9.17) is 9.47 Å². The molecule has 0 N–H and O–H groups in total. The van der Waals surface area contributed by atoms with E-state index >= 15 is 0 Å². The molecule has 28 heavy (non-hydrogen) atoms. The Labute approximate surface area is 155 Å². The molecule has 2 aromatic heterocycles. The SMILES string of the molecule is COc1ccc(-c2cc(C(F)(F)F)nc(-n3cnc([N+](=O)[O-])c3)n2)cc1OC. The molecular weight excluding hydrogens is 383 g/mol. The Hall–Kier alpha value is -3.70. The monoisotopic (exact) mass is 395 g/mol. The summed E-state index contributed by atoms with van der Waals surface area (Å²) in [6.07, 6.45) is -2.87. The van der Waals surface area contributed by atoms with Crippen LogP contribution in [0, 0.1) is 10.1 Å². The zero-order valence-corrected chi connectivity index (χ0v) is 14.5. The van der Waals surface area contributed by atoms with Gasteiger partial charge in [0.05, 0.1) is 19.9 Å². The quantitative estimate of drug-likeness (QED) is 0.482. The van der Waals surface area contributed by atoms with Gasteiger partial charge in [0.1, 0.15) is 6.20 Å². The Bertz CT molecular complexity index is 1040. The molecule has 0 aliphatic carbocycles. The fraction of sp³-hybridized carbons (Fsp3) is 0.188. The maximum atomic E-state index is 13.3. The Morgan fingerprint density at radius 1 is 1.11 bits per heavy atom. The van der Waals surface area contributed by atoms with Crippen LogP contribution < -0.4 is 9.47 Å². The van der Waals surface area contributed by atoms with Crippen LogP contribution in [0.1, 0.15) is 5.69 Å². The second-order valence-electron chi connectivity index (χ2n) is 5.40. The molecule has 0 aliphatic rings. The van der Waals surface area contributed by atoms with Crippen molar-refractivity contribution in [2.45, 2.75) is 6.18 Å². The van der Waals surface area contributed by atoms with Gasteiger partial charge in [0, 0.05) is 5.56 Å². The van der Waals surface area contributed by atoms with Gasteiger partial charge < -0.3 is 19.6 Å². The molecule has 0 saturated carbocycles. The van der Waals surface area contributed by atoms with Crippen molar-refractivity contribution in [3.05, 3.63) is 52.6 Å². The molecule has 0 amide bonds. The Kier molecular flexibility index (Phi) is 4.86. The first kappa shape index (κ1) is 19.1. The summed E-state index contributed by atoms with van der Waals surface area (Å²) >= 11 is 0. The molecule has 3 rings (SSSR count). The summed E-state index contributed by atoms with van der Waals surface area (Å²) in [7, 11) is 2.81. The molecule has 0 saturated heterocycles. The Balaban J connectivity index is 2.17. The molecule has 9 nitrogen and oxygen atoms in total. The number of benzene rings is 1. The lowest BCUT2D eigenvalue weighted by molar-refractivity contribution is -0.389. The van der Waals surface area contributed by atoms with Crippen LogP contribution in [0.5, 0.6) is 11.5 Å². The normalized spacial score (nSPS) is 11.3. The summed E-state index contributed by atoms with van der Waals surface area (Å²) in [4.78, 5) is 21.0. The molecule has 0 spiro atoms. The number of imidazole rings is 1. The van der Waals surface area contributed by atoms with E-state index in [0.717, 1.165) is 23.2 Å². The average molecular weight is 395 g/mol. The first-order valence-corrected chi connectivity index (χ1v) is 7.60. The van der Waals surface area contributed by atoms with Crippen molar-refractivity contribution in [3.8, 4) is 28.7 Å². The number of aromatic nitrogens is 4. The largest absolute Gasteiger partial charge is 0.493 e. The molecule has 0 fully saturated rings. The van der Waals surface area contributed by atoms with E-state index in [1.807, 2.05) is 0 Å². The fourth-order valence-corrected chi connectivity index (χ4v) is 2.35. The van der Waals surface area contributed by atoms with Gasteiger partial charge >= 0.3 is 12.0 Å². The molecule has 0 radical (unpaired) electrons. The van der Waals surface area contributed by atoms with E-state index in [-0.39, 0.29) is 5.69 Å². The van der Waals surface area contributed by atoms with Crippen LogP contribution in [-0.2, 0) is 6.18 Å². The van der Waals surface area contributed by atoms with E-state index in [1.54, 1.807) is 0 Å². The van der Waals surface area contributed by atoms with Crippen molar-refractivity contribution in [3.63, 3.8) is 0 Å². The molecule has 3 aromatic rings. The molecule has 0 atom stereocenters. The number of hydrogen-bond donors (Lipinski definition) is 0. The van der Waals surface area contributed by atoms with Crippen LogP contribution in [0.25, 0.3) is 17.2 Å². The maximum absolute atomic E-state index is 13.3.